The van der Waals surface area contributed by atoms with Gasteiger partial charge >= 0.3 is 0 Å². The van der Waals surface area contributed by atoms with Gasteiger partial charge in [0.05, 0.1) is 6.10 Å². The summed E-state index contributed by atoms with van der Waals surface area (Å²) in [5, 5.41) is 8.60. The third-order valence-corrected chi connectivity index (χ3v) is 4.36. The van der Waals surface area contributed by atoms with Crippen LogP contribution >= 0.6 is 12.2 Å². The molecule has 1 atom stereocenters. The van der Waals surface area contributed by atoms with Crippen LogP contribution in [0.2, 0.25) is 0 Å². The van der Waals surface area contributed by atoms with Crippen LogP contribution in [0.15, 0.2) is 54.6 Å². The van der Waals surface area contributed by atoms with Gasteiger partial charge in [-0.05, 0) is 55.4 Å². The maximum atomic E-state index is 12.3. The number of thiocarbonyl (C=S) groups is 1. The predicted molar refractivity (Wildman–Crippen MR) is 108 cm³/mol. The van der Waals surface area contributed by atoms with Crippen LogP contribution in [0.25, 0.3) is 0 Å². The second-order valence-electron chi connectivity index (χ2n) is 6.20. The van der Waals surface area contributed by atoms with Crippen LogP contribution in [0.1, 0.15) is 33.6 Å². The Bertz CT molecular complexity index is 820. The number of amides is 2. The number of nitrogens with one attached hydrogen (secondary N) is 3. The minimum absolute atomic E-state index is 0.0936. The zero-order valence-electron chi connectivity index (χ0n) is 14.7. The van der Waals surface area contributed by atoms with Gasteiger partial charge in [-0.3, -0.25) is 14.9 Å². The summed E-state index contributed by atoms with van der Waals surface area (Å²) in [5.41, 5.74) is 1.65. The van der Waals surface area contributed by atoms with Gasteiger partial charge in [0.1, 0.15) is 0 Å². The summed E-state index contributed by atoms with van der Waals surface area (Å²) in [6, 6.07) is 15.8. The molecule has 2 aromatic carbocycles. The maximum Gasteiger partial charge on any atom is 0.257 e. The predicted octanol–water partition coefficient (Wildman–Crippen LogP) is 2.72. The van der Waals surface area contributed by atoms with E-state index in [4.69, 9.17) is 17.0 Å². The smallest absolute Gasteiger partial charge is 0.257 e. The van der Waals surface area contributed by atoms with E-state index in [1.165, 1.54) is 0 Å². The zero-order valence-corrected chi connectivity index (χ0v) is 15.6. The third-order valence-electron chi connectivity index (χ3n) is 4.16. The van der Waals surface area contributed by atoms with E-state index in [-0.39, 0.29) is 23.0 Å². The highest BCUT2D eigenvalue weighted by atomic mass is 32.1. The lowest BCUT2D eigenvalue weighted by molar-refractivity contribution is 0.0857. The van der Waals surface area contributed by atoms with Crippen molar-refractivity contribution in [1.82, 2.24) is 10.6 Å². The molecule has 1 aliphatic rings. The average Bonchev–Trinajstić information content (AvgIpc) is 3.20. The third kappa shape index (κ3) is 5.60. The second kappa shape index (κ2) is 9.25. The molecule has 6 nitrogen and oxygen atoms in total. The first kappa shape index (κ1) is 19.0. The first-order chi connectivity index (χ1) is 13.1. The fraction of sp³-hybridized carbons (Fsp3) is 0.250. The number of benzene rings is 2. The van der Waals surface area contributed by atoms with Crippen LogP contribution in [-0.2, 0) is 4.74 Å². The van der Waals surface area contributed by atoms with Crippen molar-refractivity contribution >= 4 is 34.8 Å². The van der Waals surface area contributed by atoms with Crippen molar-refractivity contribution in [3.63, 3.8) is 0 Å². The molecule has 0 aliphatic carbocycles. The molecular weight excluding hydrogens is 362 g/mol. The highest BCUT2D eigenvalue weighted by Crippen LogP contribution is 2.13. The van der Waals surface area contributed by atoms with E-state index in [9.17, 15) is 9.59 Å². The van der Waals surface area contributed by atoms with Crippen molar-refractivity contribution in [2.45, 2.75) is 18.9 Å². The molecule has 27 heavy (non-hydrogen) atoms. The second-order valence-corrected chi connectivity index (χ2v) is 6.61. The lowest BCUT2D eigenvalue weighted by atomic mass is 10.1. The molecule has 7 heteroatoms. The minimum Gasteiger partial charge on any atom is -0.376 e. The number of anilines is 1. The molecule has 2 amide bonds. The molecule has 2 aromatic rings. The monoisotopic (exact) mass is 383 g/mol. The van der Waals surface area contributed by atoms with E-state index >= 15 is 0 Å². The van der Waals surface area contributed by atoms with Gasteiger partial charge in [0, 0.05) is 30.0 Å². The average molecular weight is 383 g/mol. The Hall–Kier alpha value is -2.77. The van der Waals surface area contributed by atoms with Crippen molar-refractivity contribution in [3.05, 3.63) is 65.7 Å². The Balaban J connectivity index is 1.54. The summed E-state index contributed by atoms with van der Waals surface area (Å²) >= 11 is 5.18. The van der Waals surface area contributed by atoms with E-state index < -0.39 is 0 Å². The van der Waals surface area contributed by atoms with E-state index in [1.54, 1.807) is 48.5 Å². The minimum atomic E-state index is -0.293. The Labute approximate surface area is 163 Å². The lowest BCUT2D eigenvalue weighted by Crippen LogP contribution is -2.34. The van der Waals surface area contributed by atoms with Crippen molar-refractivity contribution in [2.75, 3.05) is 18.5 Å². The van der Waals surface area contributed by atoms with Crippen LogP contribution in [0.3, 0.4) is 0 Å². The van der Waals surface area contributed by atoms with E-state index in [0.717, 1.165) is 19.4 Å². The Morgan fingerprint density at radius 1 is 1.04 bits per heavy atom. The molecular formula is C20H21N3O3S. The van der Waals surface area contributed by atoms with Gasteiger partial charge < -0.3 is 15.4 Å². The number of hydrogen-bond donors (Lipinski definition) is 3. The molecule has 1 aliphatic heterocycles. The van der Waals surface area contributed by atoms with Gasteiger partial charge in [-0.15, -0.1) is 0 Å². The van der Waals surface area contributed by atoms with Crippen molar-refractivity contribution in [1.29, 1.82) is 0 Å². The molecule has 0 aromatic heterocycles. The maximum absolute atomic E-state index is 12.3. The fourth-order valence-corrected chi connectivity index (χ4v) is 2.99. The van der Waals surface area contributed by atoms with Crippen LogP contribution in [0, 0.1) is 0 Å². The largest absolute Gasteiger partial charge is 0.376 e. The number of carbonyl (C=O) groups excluding carboxylic acids is 2. The van der Waals surface area contributed by atoms with Crippen LogP contribution in [0.5, 0.6) is 0 Å². The molecule has 3 N–H and O–H groups in total. The quantitative estimate of drug-likeness (QED) is 0.692. The SMILES string of the molecule is O=C(NCC1CCCO1)c1cccc(NC(=S)NC(=O)c2ccccc2)c1. The first-order valence-electron chi connectivity index (χ1n) is 8.79. The van der Waals surface area contributed by atoms with E-state index in [1.807, 2.05) is 6.07 Å². The van der Waals surface area contributed by atoms with Crippen molar-refractivity contribution < 1.29 is 14.3 Å². The molecule has 3 rings (SSSR count). The highest BCUT2D eigenvalue weighted by Gasteiger charge is 2.17. The molecule has 1 unspecified atom stereocenters. The van der Waals surface area contributed by atoms with Crippen LogP contribution in [0.4, 0.5) is 5.69 Å². The van der Waals surface area contributed by atoms with Gasteiger partial charge in [-0.1, -0.05) is 24.3 Å². The summed E-state index contributed by atoms with van der Waals surface area (Å²) in [7, 11) is 0. The van der Waals surface area contributed by atoms with Crippen molar-refractivity contribution in [3.8, 4) is 0 Å². The Morgan fingerprint density at radius 2 is 1.81 bits per heavy atom. The van der Waals surface area contributed by atoms with Crippen LogP contribution in [-0.4, -0.2) is 36.2 Å². The number of ether oxygens (including phenoxy) is 1. The topological polar surface area (TPSA) is 79.5 Å². The summed E-state index contributed by atoms with van der Waals surface area (Å²) in [6.07, 6.45) is 2.10. The molecule has 0 spiro atoms. The molecule has 0 saturated carbocycles. The standard InChI is InChI=1S/C20H21N3O3S/c24-18(21-13-17-10-5-11-26-17)15-8-4-9-16(12-15)22-20(27)23-19(25)14-6-2-1-3-7-14/h1-4,6-9,12,17H,5,10-11,13H2,(H,21,24)(H2,22,23,25,27). The Kier molecular flexibility index (Phi) is 6.51. The van der Waals surface area contributed by atoms with Gasteiger partial charge in [-0.2, -0.15) is 0 Å². The summed E-state index contributed by atoms with van der Waals surface area (Å²) in [4.78, 5) is 24.4. The van der Waals surface area contributed by atoms with Gasteiger partial charge in [0.25, 0.3) is 11.8 Å². The van der Waals surface area contributed by atoms with E-state index in [2.05, 4.69) is 16.0 Å². The number of rotatable bonds is 5. The molecule has 140 valence electrons. The molecule has 1 fully saturated rings. The summed E-state index contributed by atoms with van der Waals surface area (Å²) < 4.78 is 5.50. The summed E-state index contributed by atoms with van der Waals surface area (Å²) in [6.45, 7) is 1.26. The van der Waals surface area contributed by atoms with E-state index in [0.29, 0.717) is 23.4 Å². The number of hydrogen-bond acceptors (Lipinski definition) is 4. The molecule has 0 radical (unpaired) electrons. The normalized spacial score (nSPS) is 15.8. The fourth-order valence-electron chi connectivity index (χ4n) is 2.78. The molecule has 1 saturated heterocycles. The molecule has 0 bridgehead atoms. The lowest BCUT2D eigenvalue weighted by Gasteiger charge is -2.12. The van der Waals surface area contributed by atoms with Gasteiger partial charge in [-0.25, -0.2) is 0 Å². The van der Waals surface area contributed by atoms with Gasteiger partial charge in [0.2, 0.25) is 0 Å². The molecule has 1 heterocycles. The number of carbonyl (C=O) groups is 2. The first-order valence-corrected chi connectivity index (χ1v) is 9.20. The van der Waals surface area contributed by atoms with Crippen LogP contribution < -0.4 is 16.0 Å². The highest BCUT2D eigenvalue weighted by molar-refractivity contribution is 7.80. The van der Waals surface area contributed by atoms with Gasteiger partial charge in [0.15, 0.2) is 5.11 Å². The van der Waals surface area contributed by atoms with Crippen molar-refractivity contribution in [2.24, 2.45) is 0 Å². The summed E-state index contributed by atoms with van der Waals surface area (Å²) in [5.74, 6) is -0.466. The Morgan fingerprint density at radius 3 is 2.56 bits per heavy atom. The zero-order chi connectivity index (χ0) is 19.1.